The van der Waals surface area contributed by atoms with Crippen LogP contribution in [0.4, 0.5) is 0 Å². The van der Waals surface area contributed by atoms with Crippen molar-refractivity contribution >= 4 is 21.5 Å². The van der Waals surface area contributed by atoms with Gasteiger partial charge in [-0.25, -0.2) is 0 Å². The van der Waals surface area contributed by atoms with Gasteiger partial charge in [0, 0.05) is 0 Å². The van der Waals surface area contributed by atoms with E-state index >= 15 is 0 Å². The van der Waals surface area contributed by atoms with Crippen molar-refractivity contribution in [1.82, 2.24) is 0 Å². The molecule has 58 valence electrons. The maximum absolute atomic E-state index is 3.54. The zero-order chi connectivity index (χ0) is 7.19. The summed E-state index contributed by atoms with van der Waals surface area (Å²) in [6, 6.07) is 0. The fourth-order valence-corrected chi connectivity index (χ4v) is 8.80. The third kappa shape index (κ3) is 1.07. The van der Waals surface area contributed by atoms with Crippen molar-refractivity contribution in [1.29, 1.82) is 0 Å². The predicted molar refractivity (Wildman–Crippen MR) is 49.2 cm³/mol. The van der Waals surface area contributed by atoms with Crippen LogP contribution < -0.4 is 0 Å². The van der Waals surface area contributed by atoms with E-state index in [2.05, 4.69) is 22.5 Å². The van der Waals surface area contributed by atoms with Gasteiger partial charge in [0.05, 0.1) is 0 Å². The molecule has 2 aliphatic rings. The Labute approximate surface area is 71.9 Å². The molecule has 0 radical (unpaired) electrons. The summed E-state index contributed by atoms with van der Waals surface area (Å²) in [5, 5.41) is 0. The Balaban J connectivity index is 2.18. The van der Waals surface area contributed by atoms with Crippen molar-refractivity contribution in [2.24, 2.45) is 5.92 Å². The van der Waals surface area contributed by atoms with Crippen LogP contribution in [0.25, 0.3) is 0 Å². The summed E-state index contributed by atoms with van der Waals surface area (Å²) in [6.07, 6.45) is 7.75. The van der Waals surface area contributed by atoms with Gasteiger partial charge in [-0.2, -0.15) is 0 Å². The molecule has 0 spiro atoms. The topological polar surface area (TPSA) is 0 Å². The molecule has 0 aromatic heterocycles. The first-order chi connectivity index (χ1) is 4.71. The van der Waals surface area contributed by atoms with Gasteiger partial charge in [0.25, 0.3) is 0 Å². The molecular formula is C8H15PSe. The molecule has 10 heavy (non-hydrogen) atoms. The molecule has 0 N–H and O–H groups in total. The van der Waals surface area contributed by atoms with E-state index in [1.807, 2.05) is 0 Å². The van der Waals surface area contributed by atoms with Gasteiger partial charge in [-0.15, -0.1) is 0 Å². The van der Waals surface area contributed by atoms with E-state index < -0.39 is 5.95 Å². The third-order valence-corrected chi connectivity index (χ3v) is 11.6. The van der Waals surface area contributed by atoms with Crippen LogP contribution >= 0.6 is 5.95 Å². The molecule has 0 nitrogen and oxygen atoms in total. The van der Waals surface area contributed by atoms with E-state index in [9.17, 15) is 0 Å². The fourth-order valence-electron chi connectivity index (χ4n) is 2.53. The first kappa shape index (κ1) is 7.59. The molecule has 2 bridgehead atoms. The van der Waals surface area contributed by atoms with Gasteiger partial charge in [0.1, 0.15) is 0 Å². The van der Waals surface area contributed by atoms with Crippen molar-refractivity contribution in [3.8, 4) is 0 Å². The van der Waals surface area contributed by atoms with Crippen molar-refractivity contribution in [3.05, 3.63) is 0 Å². The van der Waals surface area contributed by atoms with Crippen LogP contribution in [0.3, 0.4) is 0 Å². The molecule has 0 saturated carbocycles. The van der Waals surface area contributed by atoms with Crippen molar-refractivity contribution < 1.29 is 0 Å². The third-order valence-electron chi connectivity index (χ3n) is 3.19. The van der Waals surface area contributed by atoms with Crippen LogP contribution in [0.1, 0.15) is 26.2 Å². The Kier molecular flexibility index (Phi) is 1.88. The van der Waals surface area contributed by atoms with Crippen LogP contribution in [0, 0.1) is 5.92 Å². The average molecular weight is 221 g/mol. The second-order valence-electron chi connectivity index (χ2n) is 3.95. The first-order valence-electron chi connectivity index (χ1n) is 4.28. The molecule has 1 unspecified atom stereocenters. The minimum atomic E-state index is -0.486. The minimum absolute atomic E-state index is 0.486. The second-order valence-corrected chi connectivity index (χ2v) is 12.1. The van der Waals surface area contributed by atoms with Crippen LogP contribution in [-0.2, 0) is 0 Å². The van der Waals surface area contributed by atoms with Crippen LogP contribution in [0.5, 0.6) is 0 Å². The molecule has 0 aromatic carbocycles. The predicted octanol–water partition coefficient (Wildman–Crippen LogP) is 2.29. The summed E-state index contributed by atoms with van der Waals surface area (Å²) in [7, 11) is 0. The molecule has 3 atom stereocenters. The molecular weight excluding hydrogens is 206 g/mol. The fraction of sp³-hybridized carbons (Fsp3) is 1.00. The number of rotatable bonds is 0. The van der Waals surface area contributed by atoms with Crippen LogP contribution in [0.15, 0.2) is 0 Å². The van der Waals surface area contributed by atoms with Gasteiger partial charge >= 0.3 is 71.6 Å². The van der Waals surface area contributed by atoms with Crippen molar-refractivity contribution in [2.45, 2.75) is 31.8 Å². The van der Waals surface area contributed by atoms with Gasteiger partial charge in [0.15, 0.2) is 0 Å². The molecule has 2 heterocycles. The van der Waals surface area contributed by atoms with Crippen molar-refractivity contribution in [3.63, 3.8) is 0 Å². The van der Waals surface area contributed by atoms with Crippen LogP contribution in [0.2, 0.25) is 0 Å². The van der Waals surface area contributed by atoms with Gasteiger partial charge < -0.3 is 0 Å². The average Bonchev–Trinajstić information content (AvgIpc) is 2.04. The van der Waals surface area contributed by atoms with E-state index in [-0.39, 0.29) is 0 Å². The molecule has 2 rings (SSSR count). The van der Waals surface area contributed by atoms with E-state index in [0.717, 1.165) is 11.6 Å². The van der Waals surface area contributed by atoms with E-state index in [0.29, 0.717) is 0 Å². The Morgan fingerprint density at radius 3 is 2.90 bits per heavy atom. The monoisotopic (exact) mass is 222 g/mol. The number of hydrogen-bond donors (Lipinski definition) is 0. The molecule has 0 amide bonds. The molecule has 2 heteroatoms. The van der Waals surface area contributed by atoms with E-state index in [1.54, 1.807) is 18.7 Å². The standard InChI is InChI=1S/C8H15PSe/c1-7-5-8-3-2-4-9(7,10)6-8/h7-8H,2-6H2,1H3/t7-,8-,9?/m1/s1. The Hall–Kier alpha value is 0.949. The first-order valence-corrected chi connectivity index (χ1v) is 8.73. The van der Waals surface area contributed by atoms with Crippen molar-refractivity contribution in [2.75, 3.05) is 12.3 Å². The molecule has 0 aliphatic carbocycles. The van der Waals surface area contributed by atoms with Gasteiger partial charge in [-0.05, 0) is 0 Å². The van der Waals surface area contributed by atoms with Gasteiger partial charge in [-0.3, -0.25) is 0 Å². The zero-order valence-electron chi connectivity index (χ0n) is 6.55. The summed E-state index contributed by atoms with van der Waals surface area (Å²) < 4.78 is 0. The summed E-state index contributed by atoms with van der Waals surface area (Å²) in [5.74, 6) is 0.637. The Bertz CT molecular complexity index is 148. The maximum atomic E-state index is 3.54. The van der Waals surface area contributed by atoms with Crippen LogP contribution in [-0.4, -0.2) is 33.6 Å². The Morgan fingerprint density at radius 2 is 2.30 bits per heavy atom. The SMILES string of the molecule is C[C@@H]1C[C@H]2CCC[P+]1([Se-])C2. The summed E-state index contributed by atoms with van der Waals surface area (Å²) in [4.78, 5) is 0. The molecule has 2 aliphatic heterocycles. The summed E-state index contributed by atoms with van der Waals surface area (Å²) >= 11 is 3.54. The normalized spacial score (nSPS) is 53.4. The summed E-state index contributed by atoms with van der Waals surface area (Å²) in [5.41, 5.74) is 1.07. The summed E-state index contributed by atoms with van der Waals surface area (Å²) in [6.45, 7) is 2.47. The van der Waals surface area contributed by atoms with E-state index in [4.69, 9.17) is 0 Å². The Morgan fingerprint density at radius 1 is 1.50 bits per heavy atom. The molecule has 2 saturated heterocycles. The van der Waals surface area contributed by atoms with Gasteiger partial charge in [-0.1, -0.05) is 0 Å². The quantitative estimate of drug-likeness (QED) is 0.435. The zero-order valence-corrected chi connectivity index (χ0v) is 9.15. The molecule has 0 aromatic rings. The van der Waals surface area contributed by atoms with Gasteiger partial charge in [0.2, 0.25) is 0 Å². The van der Waals surface area contributed by atoms with E-state index in [1.165, 1.54) is 12.8 Å². The number of hydrogen-bond acceptors (Lipinski definition) is 0. The second kappa shape index (κ2) is 2.47. The number of fused-ring (bicyclic) bond motifs is 2. The molecule has 2 fully saturated rings.